The molecule has 0 heterocycles. The number of guanidine groups is 1. The number of hydrogen-bond acceptors (Lipinski definition) is 3. The van der Waals surface area contributed by atoms with E-state index in [1.807, 2.05) is 43.3 Å². The van der Waals surface area contributed by atoms with Gasteiger partial charge in [0.25, 0.3) is 0 Å². The minimum Gasteiger partial charge on any atom is -0.489 e. The van der Waals surface area contributed by atoms with Crippen LogP contribution in [0.3, 0.4) is 0 Å². The fourth-order valence-corrected chi connectivity index (χ4v) is 2.60. The van der Waals surface area contributed by atoms with Gasteiger partial charge in [-0.15, -0.1) is 24.0 Å². The second kappa shape index (κ2) is 14.0. The Kier molecular flexibility index (Phi) is 12.0. The average molecular weight is 495 g/mol. The molecule has 0 bridgehead atoms. The minimum atomic E-state index is 0. The maximum absolute atomic E-state index is 5.70. The van der Waals surface area contributed by atoms with Crippen molar-refractivity contribution in [2.75, 3.05) is 20.3 Å². The molecule has 0 radical (unpaired) electrons. The van der Waals surface area contributed by atoms with Gasteiger partial charge in [-0.2, -0.15) is 0 Å². The SMILES string of the molecule is C=CCOc1ccccc1CNC(=NC)NCc1ccccc1COCC.I. The van der Waals surface area contributed by atoms with E-state index in [0.717, 1.165) is 17.3 Å². The zero-order valence-corrected chi connectivity index (χ0v) is 18.9. The van der Waals surface area contributed by atoms with E-state index < -0.39 is 0 Å². The molecule has 0 atom stereocenters. The first-order chi connectivity index (χ1) is 13.3. The molecule has 28 heavy (non-hydrogen) atoms. The molecule has 2 aromatic carbocycles. The molecule has 0 aromatic heterocycles. The van der Waals surface area contributed by atoms with Crippen LogP contribution >= 0.6 is 24.0 Å². The molecule has 6 heteroatoms. The van der Waals surface area contributed by atoms with Crippen LogP contribution in [0, 0.1) is 0 Å². The molecule has 0 amide bonds. The van der Waals surface area contributed by atoms with Gasteiger partial charge in [-0.25, -0.2) is 0 Å². The lowest BCUT2D eigenvalue weighted by Crippen LogP contribution is -2.36. The predicted octanol–water partition coefficient (Wildman–Crippen LogP) is 4.27. The molecule has 0 aliphatic carbocycles. The van der Waals surface area contributed by atoms with Crippen molar-refractivity contribution in [2.45, 2.75) is 26.6 Å². The van der Waals surface area contributed by atoms with Crippen LogP contribution in [0.2, 0.25) is 0 Å². The van der Waals surface area contributed by atoms with E-state index >= 15 is 0 Å². The zero-order chi connectivity index (χ0) is 19.3. The van der Waals surface area contributed by atoms with Crippen LogP contribution in [0.5, 0.6) is 5.75 Å². The molecule has 0 spiro atoms. The average Bonchev–Trinajstić information content (AvgIpc) is 2.72. The molecule has 0 fully saturated rings. The summed E-state index contributed by atoms with van der Waals surface area (Å²) in [6, 6.07) is 16.2. The van der Waals surface area contributed by atoms with Crippen molar-refractivity contribution in [1.29, 1.82) is 0 Å². The standard InChI is InChI=1S/C22H29N3O2.HI/c1-4-14-27-21-13-9-8-11-19(21)16-25-22(23-3)24-15-18-10-6-7-12-20(18)17-26-5-2;/h4,6-13H,1,5,14-17H2,2-3H3,(H2,23,24,25);1H. The predicted molar refractivity (Wildman–Crippen MR) is 126 cm³/mol. The first-order valence-electron chi connectivity index (χ1n) is 9.19. The summed E-state index contributed by atoms with van der Waals surface area (Å²) in [4.78, 5) is 4.31. The second-order valence-corrected chi connectivity index (χ2v) is 5.89. The highest BCUT2D eigenvalue weighted by atomic mass is 127. The van der Waals surface area contributed by atoms with E-state index in [9.17, 15) is 0 Å². The topological polar surface area (TPSA) is 54.9 Å². The van der Waals surface area contributed by atoms with E-state index in [1.54, 1.807) is 13.1 Å². The van der Waals surface area contributed by atoms with Crippen molar-refractivity contribution in [2.24, 2.45) is 4.99 Å². The van der Waals surface area contributed by atoms with Gasteiger partial charge in [0.15, 0.2) is 5.96 Å². The number of nitrogens with zero attached hydrogens (tertiary/aromatic N) is 1. The normalized spacial score (nSPS) is 10.7. The summed E-state index contributed by atoms with van der Waals surface area (Å²) in [5.74, 6) is 1.59. The molecule has 0 saturated heterocycles. The summed E-state index contributed by atoms with van der Waals surface area (Å²) >= 11 is 0. The number of benzene rings is 2. The Hall–Kier alpha value is -2.06. The van der Waals surface area contributed by atoms with Crippen LogP contribution in [-0.4, -0.2) is 26.2 Å². The van der Waals surface area contributed by atoms with E-state index in [0.29, 0.717) is 32.9 Å². The van der Waals surface area contributed by atoms with E-state index in [2.05, 4.69) is 34.3 Å². The number of halogens is 1. The van der Waals surface area contributed by atoms with Crippen LogP contribution in [0.25, 0.3) is 0 Å². The second-order valence-electron chi connectivity index (χ2n) is 5.89. The summed E-state index contributed by atoms with van der Waals surface area (Å²) in [5, 5.41) is 6.70. The van der Waals surface area contributed by atoms with Crippen LogP contribution in [-0.2, 0) is 24.4 Å². The van der Waals surface area contributed by atoms with Gasteiger partial charge in [-0.05, 0) is 24.1 Å². The van der Waals surface area contributed by atoms with Crippen LogP contribution in [0.4, 0.5) is 0 Å². The first kappa shape index (κ1) is 24.0. The van der Waals surface area contributed by atoms with Gasteiger partial charge in [0.05, 0.1) is 6.61 Å². The molecule has 0 saturated carbocycles. The maximum atomic E-state index is 5.70. The van der Waals surface area contributed by atoms with Crippen molar-refractivity contribution < 1.29 is 9.47 Å². The molecule has 152 valence electrons. The fourth-order valence-electron chi connectivity index (χ4n) is 2.60. The van der Waals surface area contributed by atoms with Gasteiger partial charge >= 0.3 is 0 Å². The summed E-state index contributed by atoms with van der Waals surface area (Å²) in [7, 11) is 1.77. The summed E-state index contributed by atoms with van der Waals surface area (Å²) in [5.41, 5.74) is 3.45. The third kappa shape index (κ3) is 7.90. The Bertz CT molecular complexity index is 750. The van der Waals surface area contributed by atoms with Gasteiger partial charge in [-0.3, -0.25) is 4.99 Å². The zero-order valence-electron chi connectivity index (χ0n) is 16.6. The highest BCUT2D eigenvalue weighted by molar-refractivity contribution is 14.0. The van der Waals surface area contributed by atoms with E-state index in [1.165, 1.54) is 11.1 Å². The number of aliphatic imine (C=N–C) groups is 1. The Morgan fingerprint density at radius 1 is 1.00 bits per heavy atom. The van der Waals surface area contributed by atoms with Crippen molar-refractivity contribution in [3.8, 4) is 5.75 Å². The lowest BCUT2D eigenvalue weighted by Gasteiger charge is -2.15. The van der Waals surface area contributed by atoms with Gasteiger partial charge in [0, 0.05) is 32.3 Å². The molecule has 0 aliphatic heterocycles. The molecule has 0 aliphatic rings. The Balaban J connectivity index is 0.00000392. The first-order valence-corrected chi connectivity index (χ1v) is 9.19. The summed E-state index contributed by atoms with van der Waals surface area (Å²) < 4.78 is 11.3. The highest BCUT2D eigenvalue weighted by Crippen LogP contribution is 2.17. The fraction of sp³-hybridized carbons (Fsp3) is 0.318. The molecule has 2 aromatic rings. The Labute approximate surface area is 185 Å². The number of nitrogens with one attached hydrogen (secondary N) is 2. The molecular formula is C22H30IN3O2. The molecular weight excluding hydrogens is 465 g/mol. The van der Waals surface area contributed by atoms with E-state index in [-0.39, 0.29) is 24.0 Å². The molecule has 2 N–H and O–H groups in total. The van der Waals surface area contributed by atoms with Crippen LogP contribution in [0.15, 0.2) is 66.2 Å². The van der Waals surface area contributed by atoms with Crippen LogP contribution < -0.4 is 15.4 Å². The largest absolute Gasteiger partial charge is 0.489 e. The van der Waals surface area contributed by atoms with Crippen LogP contribution in [0.1, 0.15) is 23.6 Å². The highest BCUT2D eigenvalue weighted by Gasteiger charge is 2.06. The molecule has 2 rings (SSSR count). The lowest BCUT2D eigenvalue weighted by molar-refractivity contribution is 0.133. The van der Waals surface area contributed by atoms with Gasteiger partial charge in [0.1, 0.15) is 12.4 Å². The lowest BCUT2D eigenvalue weighted by atomic mass is 10.1. The van der Waals surface area contributed by atoms with Crippen molar-refractivity contribution >= 4 is 29.9 Å². The number of rotatable bonds is 10. The van der Waals surface area contributed by atoms with E-state index in [4.69, 9.17) is 9.47 Å². The van der Waals surface area contributed by atoms with Gasteiger partial charge < -0.3 is 20.1 Å². The van der Waals surface area contributed by atoms with Crippen molar-refractivity contribution in [1.82, 2.24) is 10.6 Å². The van der Waals surface area contributed by atoms with Crippen molar-refractivity contribution in [3.63, 3.8) is 0 Å². The van der Waals surface area contributed by atoms with Gasteiger partial charge in [0.2, 0.25) is 0 Å². The Morgan fingerprint density at radius 2 is 1.61 bits per heavy atom. The quantitative estimate of drug-likeness (QED) is 0.224. The number of hydrogen-bond donors (Lipinski definition) is 2. The number of ether oxygens (including phenoxy) is 2. The third-order valence-corrected chi connectivity index (χ3v) is 4.03. The number of para-hydroxylation sites is 1. The minimum absolute atomic E-state index is 0. The monoisotopic (exact) mass is 495 g/mol. The van der Waals surface area contributed by atoms with Crippen molar-refractivity contribution in [3.05, 3.63) is 77.9 Å². The smallest absolute Gasteiger partial charge is 0.191 e. The summed E-state index contributed by atoms with van der Waals surface area (Å²) in [6.45, 7) is 8.81. The third-order valence-electron chi connectivity index (χ3n) is 4.03. The maximum Gasteiger partial charge on any atom is 0.191 e. The molecule has 0 unspecified atom stereocenters. The van der Waals surface area contributed by atoms with Gasteiger partial charge in [-0.1, -0.05) is 55.1 Å². The summed E-state index contributed by atoms with van der Waals surface area (Å²) in [6.07, 6.45) is 1.74. The Morgan fingerprint density at radius 3 is 2.25 bits per heavy atom. The molecule has 5 nitrogen and oxygen atoms in total.